The van der Waals surface area contributed by atoms with Crippen LogP contribution in [0.5, 0.6) is 0 Å². The Kier molecular flexibility index (Phi) is 6.54. The topological polar surface area (TPSA) is 52.6 Å². The Labute approximate surface area is 110 Å². The van der Waals surface area contributed by atoms with E-state index in [1.54, 1.807) is 0 Å². The van der Waals surface area contributed by atoms with E-state index >= 15 is 0 Å². The smallest absolute Gasteiger partial charge is 0.312 e. The average Bonchev–Trinajstić information content (AvgIpc) is 2.39. The Bertz CT molecular complexity index is 302. The van der Waals surface area contributed by atoms with E-state index in [0.717, 1.165) is 6.42 Å². The van der Waals surface area contributed by atoms with Crippen LogP contribution in [0.1, 0.15) is 45.4 Å². The number of carbonyl (C=O) groups is 1. The van der Waals surface area contributed by atoms with E-state index in [4.69, 9.17) is 9.05 Å². The lowest BCUT2D eigenvalue weighted by molar-refractivity contribution is -0.120. The van der Waals surface area contributed by atoms with Crippen LogP contribution in [-0.2, 0) is 18.4 Å². The summed E-state index contributed by atoms with van der Waals surface area (Å²) in [6.07, 6.45) is 7.13. The van der Waals surface area contributed by atoms with Gasteiger partial charge in [0.2, 0.25) is 0 Å². The van der Waals surface area contributed by atoms with E-state index in [1.165, 1.54) is 46.3 Å². The van der Waals surface area contributed by atoms with Gasteiger partial charge in [-0.25, -0.2) is 0 Å². The highest BCUT2D eigenvalue weighted by molar-refractivity contribution is 7.54. The molecule has 1 fully saturated rings. The summed E-state index contributed by atoms with van der Waals surface area (Å²) in [6.45, 7) is 1.92. The molecule has 4 nitrogen and oxygen atoms in total. The Morgan fingerprint density at radius 2 is 1.78 bits per heavy atom. The molecule has 0 radical (unpaired) electrons. The van der Waals surface area contributed by atoms with Gasteiger partial charge in [0.25, 0.3) is 0 Å². The Hall–Kier alpha value is -0.180. The van der Waals surface area contributed by atoms with Crippen molar-refractivity contribution in [2.75, 3.05) is 20.4 Å². The van der Waals surface area contributed by atoms with Gasteiger partial charge in [-0.2, -0.15) is 0 Å². The van der Waals surface area contributed by atoms with Gasteiger partial charge in [-0.3, -0.25) is 9.36 Å². The molecule has 106 valence electrons. The summed E-state index contributed by atoms with van der Waals surface area (Å²) in [5.74, 6) is 0.599. The molecule has 18 heavy (non-hydrogen) atoms. The number of carbonyl (C=O) groups excluding carboxylic acids is 1. The molecule has 1 aliphatic carbocycles. The first-order valence-electron chi connectivity index (χ1n) is 6.74. The third-order valence-corrected chi connectivity index (χ3v) is 5.68. The molecule has 1 rings (SSSR count). The molecule has 1 saturated carbocycles. The highest BCUT2D eigenvalue weighted by Crippen LogP contribution is 2.46. The van der Waals surface area contributed by atoms with Crippen molar-refractivity contribution < 1.29 is 18.4 Å². The largest absolute Gasteiger partial charge is 0.337 e. The van der Waals surface area contributed by atoms with Crippen molar-refractivity contribution in [2.45, 2.75) is 45.4 Å². The van der Waals surface area contributed by atoms with E-state index in [1.807, 2.05) is 6.92 Å². The summed E-state index contributed by atoms with van der Waals surface area (Å²) in [7, 11) is -0.548. The third kappa shape index (κ3) is 4.83. The molecule has 0 N–H and O–H groups in total. The van der Waals surface area contributed by atoms with Gasteiger partial charge in [-0.05, 0) is 12.3 Å². The molecule has 1 atom stereocenters. The third-order valence-electron chi connectivity index (χ3n) is 3.87. The predicted molar refractivity (Wildman–Crippen MR) is 71.9 cm³/mol. The Morgan fingerprint density at radius 1 is 1.22 bits per heavy atom. The van der Waals surface area contributed by atoms with Crippen LogP contribution in [-0.4, -0.2) is 26.2 Å². The molecule has 0 spiro atoms. The molecule has 0 aromatic heterocycles. The maximum atomic E-state index is 12.0. The van der Waals surface area contributed by atoms with E-state index < -0.39 is 7.60 Å². The average molecular weight is 276 g/mol. The molecule has 0 heterocycles. The first-order chi connectivity index (χ1) is 8.50. The van der Waals surface area contributed by atoms with Gasteiger partial charge < -0.3 is 9.05 Å². The van der Waals surface area contributed by atoms with Gasteiger partial charge in [-0.1, -0.05) is 39.0 Å². The summed E-state index contributed by atoms with van der Waals surface area (Å²) in [6, 6.07) is 0. The molecule has 0 bridgehead atoms. The number of ketones is 1. The van der Waals surface area contributed by atoms with Crippen molar-refractivity contribution in [3.63, 3.8) is 0 Å². The minimum Gasteiger partial charge on any atom is -0.312 e. The fourth-order valence-electron chi connectivity index (χ4n) is 2.60. The van der Waals surface area contributed by atoms with Crippen LogP contribution in [0, 0.1) is 11.8 Å². The first kappa shape index (κ1) is 15.9. The van der Waals surface area contributed by atoms with E-state index in [-0.39, 0.29) is 17.9 Å². The zero-order valence-corrected chi connectivity index (χ0v) is 12.6. The maximum Gasteiger partial charge on any atom is 0.337 e. The summed E-state index contributed by atoms with van der Waals surface area (Å²) in [4.78, 5) is 12.0. The highest BCUT2D eigenvalue weighted by Gasteiger charge is 2.29. The molecule has 0 saturated heterocycles. The number of hydrogen-bond donors (Lipinski definition) is 0. The molecule has 0 amide bonds. The lowest BCUT2D eigenvalue weighted by Crippen LogP contribution is -2.20. The van der Waals surface area contributed by atoms with Crippen molar-refractivity contribution in [3.8, 4) is 0 Å². The van der Waals surface area contributed by atoms with Gasteiger partial charge >= 0.3 is 7.60 Å². The zero-order chi connectivity index (χ0) is 13.6. The van der Waals surface area contributed by atoms with Crippen molar-refractivity contribution in [1.82, 2.24) is 0 Å². The normalized spacial score (nSPS) is 19.7. The lowest BCUT2D eigenvalue weighted by atomic mass is 9.82. The molecule has 1 unspecified atom stereocenters. The van der Waals surface area contributed by atoms with Crippen molar-refractivity contribution >= 4 is 13.4 Å². The van der Waals surface area contributed by atoms with Crippen LogP contribution in [0.4, 0.5) is 0 Å². The number of hydrogen-bond acceptors (Lipinski definition) is 4. The van der Waals surface area contributed by atoms with Crippen LogP contribution in [0.3, 0.4) is 0 Å². The van der Waals surface area contributed by atoms with Crippen molar-refractivity contribution in [1.29, 1.82) is 0 Å². The van der Waals surface area contributed by atoms with Crippen molar-refractivity contribution in [3.05, 3.63) is 0 Å². The second-order valence-electron chi connectivity index (χ2n) is 5.24. The van der Waals surface area contributed by atoms with Gasteiger partial charge in [-0.15, -0.1) is 0 Å². The minimum atomic E-state index is -3.19. The SMILES string of the molecule is COP(=O)(CC(=O)C(C)CC1CCCCC1)OC. The molecular formula is C13H25O4P. The molecule has 1 aliphatic rings. The first-order valence-corrected chi connectivity index (χ1v) is 8.47. The summed E-state index contributed by atoms with van der Waals surface area (Å²) >= 11 is 0. The molecule has 0 aromatic rings. The quantitative estimate of drug-likeness (QED) is 0.666. The molecular weight excluding hydrogens is 251 g/mol. The molecule has 0 aromatic carbocycles. The summed E-state index contributed by atoms with van der Waals surface area (Å²) in [5.41, 5.74) is 0. The predicted octanol–water partition coefficient (Wildman–Crippen LogP) is 3.65. The van der Waals surface area contributed by atoms with E-state index in [2.05, 4.69) is 0 Å². The van der Waals surface area contributed by atoms with Gasteiger partial charge in [0.15, 0.2) is 0 Å². The fourth-order valence-corrected chi connectivity index (χ4v) is 3.71. The molecule has 0 aliphatic heterocycles. The maximum absolute atomic E-state index is 12.0. The van der Waals surface area contributed by atoms with Gasteiger partial charge in [0, 0.05) is 20.1 Å². The highest BCUT2D eigenvalue weighted by atomic mass is 31.2. The van der Waals surface area contributed by atoms with Crippen molar-refractivity contribution in [2.24, 2.45) is 11.8 Å². The van der Waals surface area contributed by atoms with Crippen LogP contribution in [0.15, 0.2) is 0 Å². The standard InChI is InChI=1S/C13H25O4P/c1-11(9-12-7-5-4-6-8-12)13(14)10-18(15,16-2)17-3/h11-12H,4-10H2,1-3H3. The second-order valence-corrected chi connectivity index (χ2v) is 7.51. The van der Waals surface area contributed by atoms with Gasteiger partial charge in [0.1, 0.15) is 11.9 Å². The summed E-state index contributed by atoms with van der Waals surface area (Å²) in [5, 5.41) is 0. The Balaban J connectivity index is 2.43. The molecule has 5 heteroatoms. The van der Waals surface area contributed by atoms with E-state index in [9.17, 15) is 9.36 Å². The van der Waals surface area contributed by atoms with Crippen LogP contribution in [0.2, 0.25) is 0 Å². The summed E-state index contributed by atoms with van der Waals surface area (Å²) < 4.78 is 21.5. The zero-order valence-electron chi connectivity index (χ0n) is 11.7. The van der Waals surface area contributed by atoms with Crippen LogP contribution >= 0.6 is 7.60 Å². The van der Waals surface area contributed by atoms with Crippen LogP contribution in [0.25, 0.3) is 0 Å². The van der Waals surface area contributed by atoms with Crippen LogP contribution < -0.4 is 0 Å². The lowest BCUT2D eigenvalue weighted by Gasteiger charge is -2.24. The minimum absolute atomic E-state index is 0.00685. The number of Topliss-reactive ketones (excluding diaryl/α,β-unsaturated/α-hetero) is 1. The van der Waals surface area contributed by atoms with Gasteiger partial charge in [0.05, 0.1) is 0 Å². The second kappa shape index (κ2) is 7.42. The number of rotatable bonds is 7. The van der Waals surface area contributed by atoms with E-state index in [0.29, 0.717) is 5.92 Å². The fraction of sp³-hybridized carbons (Fsp3) is 0.923. The Morgan fingerprint density at radius 3 is 2.28 bits per heavy atom. The monoisotopic (exact) mass is 276 g/mol.